The molecule has 2 unspecified atom stereocenters. The van der Waals surface area contributed by atoms with Gasteiger partial charge < -0.3 is 15.3 Å². The average Bonchev–Trinajstić information content (AvgIpc) is 2.16. The zero-order valence-corrected chi connectivity index (χ0v) is 9.86. The molecular formula is C11H22N2O2. The number of aliphatic hydroxyl groups excluding tert-OH is 1. The lowest BCUT2D eigenvalue weighted by molar-refractivity contribution is 0.0461. The smallest absolute Gasteiger partial charge is 0.317 e. The highest BCUT2D eigenvalue weighted by Crippen LogP contribution is 2.22. The minimum Gasteiger partial charge on any atom is -0.391 e. The summed E-state index contributed by atoms with van der Waals surface area (Å²) >= 11 is 0. The second kappa shape index (κ2) is 5.35. The van der Waals surface area contributed by atoms with Crippen LogP contribution in [0.4, 0.5) is 4.79 Å². The molecule has 0 spiro atoms. The first-order valence-electron chi connectivity index (χ1n) is 5.73. The van der Waals surface area contributed by atoms with E-state index in [9.17, 15) is 9.90 Å². The van der Waals surface area contributed by atoms with Gasteiger partial charge in [-0.25, -0.2) is 4.79 Å². The van der Waals surface area contributed by atoms with E-state index in [0.717, 1.165) is 25.7 Å². The number of hydrogen-bond acceptors (Lipinski definition) is 2. The molecule has 2 N–H and O–H groups in total. The van der Waals surface area contributed by atoms with Gasteiger partial charge in [0.05, 0.1) is 12.1 Å². The Morgan fingerprint density at radius 2 is 2.00 bits per heavy atom. The Kier molecular flexibility index (Phi) is 4.39. The molecule has 1 aliphatic rings. The molecule has 0 radical (unpaired) electrons. The molecule has 0 aliphatic heterocycles. The molecule has 1 rings (SSSR count). The van der Waals surface area contributed by atoms with E-state index in [1.807, 2.05) is 13.8 Å². The van der Waals surface area contributed by atoms with Gasteiger partial charge in [-0.05, 0) is 26.7 Å². The number of nitrogens with one attached hydrogen (secondary N) is 1. The maximum Gasteiger partial charge on any atom is 0.317 e. The molecule has 1 saturated carbocycles. The van der Waals surface area contributed by atoms with Crippen LogP contribution in [0, 0.1) is 0 Å². The van der Waals surface area contributed by atoms with Crippen molar-refractivity contribution in [2.45, 2.75) is 57.7 Å². The van der Waals surface area contributed by atoms with E-state index in [-0.39, 0.29) is 24.2 Å². The van der Waals surface area contributed by atoms with Gasteiger partial charge in [0.25, 0.3) is 0 Å². The van der Waals surface area contributed by atoms with Crippen molar-refractivity contribution < 1.29 is 9.90 Å². The Hall–Kier alpha value is -0.770. The fourth-order valence-corrected chi connectivity index (χ4v) is 2.04. The molecule has 0 aromatic carbocycles. The number of carbonyl (C=O) groups is 1. The van der Waals surface area contributed by atoms with Crippen molar-refractivity contribution in [1.29, 1.82) is 0 Å². The zero-order valence-electron chi connectivity index (χ0n) is 9.86. The van der Waals surface area contributed by atoms with Crippen molar-refractivity contribution >= 4 is 6.03 Å². The molecule has 0 aromatic rings. The van der Waals surface area contributed by atoms with Crippen LogP contribution in [0.25, 0.3) is 0 Å². The van der Waals surface area contributed by atoms with Crippen LogP contribution < -0.4 is 5.32 Å². The van der Waals surface area contributed by atoms with Crippen LogP contribution in [-0.4, -0.2) is 41.3 Å². The van der Waals surface area contributed by atoms with Gasteiger partial charge in [-0.3, -0.25) is 0 Å². The number of rotatable bonds is 2. The summed E-state index contributed by atoms with van der Waals surface area (Å²) in [5.41, 5.74) is 0. The van der Waals surface area contributed by atoms with E-state index >= 15 is 0 Å². The molecule has 88 valence electrons. The standard InChI is InChI=1S/C11H22N2O2/c1-8(2)12-11(15)13(3)9-6-4-5-7-10(9)14/h8-10,14H,4-7H2,1-3H3,(H,12,15). The number of hydrogen-bond donors (Lipinski definition) is 2. The summed E-state index contributed by atoms with van der Waals surface area (Å²) in [5, 5.41) is 12.6. The Morgan fingerprint density at radius 1 is 1.40 bits per heavy atom. The molecule has 2 atom stereocenters. The first-order valence-corrected chi connectivity index (χ1v) is 5.73. The largest absolute Gasteiger partial charge is 0.391 e. The minimum atomic E-state index is -0.360. The van der Waals surface area contributed by atoms with E-state index in [1.165, 1.54) is 0 Å². The van der Waals surface area contributed by atoms with Crippen LogP contribution in [-0.2, 0) is 0 Å². The summed E-state index contributed by atoms with van der Waals surface area (Å²) in [7, 11) is 1.76. The molecule has 4 nitrogen and oxygen atoms in total. The normalized spacial score (nSPS) is 26.5. The van der Waals surface area contributed by atoms with Gasteiger partial charge in [0.15, 0.2) is 0 Å². The molecule has 0 bridgehead atoms. The predicted octanol–water partition coefficient (Wildman–Crippen LogP) is 1.34. The average molecular weight is 214 g/mol. The number of likely N-dealkylation sites (N-methyl/N-ethyl adjacent to an activating group) is 1. The Morgan fingerprint density at radius 3 is 2.53 bits per heavy atom. The second-order valence-electron chi connectivity index (χ2n) is 4.63. The van der Waals surface area contributed by atoms with E-state index in [0.29, 0.717) is 0 Å². The third kappa shape index (κ3) is 3.38. The van der Waals surface area contributed by atoms with Crippen molar-refractivity contribution in [3.8, 4) is 0 Å². The molecular weight excluding hydrogens is 192 g/mol. The second-order valence-corrected chi connectivity index (χ2v) is 4.63. The highest BCUT2D eigenvalue weighted by Gasteiger charge is 2.29. The SMILES string of the molecule is CC(C)NC(=O)N(C)C1CCCCC1O. The fraction of sp³-hybridized carbons (Fsp3) is 0.909. The van der Waals surface area contributed by atoms with Crippen LogP contribution in [0.15, 0.2) is 0 Å². The van der Waals surface area contributed by atoms with E-state index in [2.05, 4.69) is 5.32 Å². The lowest BCUT2D eigenvalue weighted by Gasteiger charge is -2.35. The van der Waals surface area contributed by atoms with Gasteiger partial charge in [-0.1, -0.05) is 12.8 Å². The van der Waals surface area contributed by atoms with E-state index < -0.39 is 0 Å². The third-order valence-corrected chi connectivity index (χ3v) is 2.92. The number of amides is 2. The van der Waals surface area contributed by atoms with Crippen LogP contribution in [0.3, 0.4) is 0 Å². The molecule has 2 amide bonds. The van der Waals surface area contributed by atoms with Crippen molar-refractivity contribution in [2.24, 2.45) is 0 Å². The molecule has 1 fully saturated rings. The third-order valence-electron chi connectivity index (χ3n) is 2.92. The number of nitrogens with zero attached hydrogens (tertiary/aromatic N) is 1. The van der Waals surface area contributed by atoms with Crippen molar-refractivity contribution in [1.82, 2.24) is 10.2 Å². The Bertz CT molecular complexity index is 219. The summed E-state index contributed by atoms with van der Waals surface area (Å²) in [5.74, 6) is 0. The number of aliphatic hydroxyl groups is 1. The molecule has 0 heterocycles. The van der Waals surface area contributed by atoms with Crippen LogP contribution >= 0.6 is 0 Å². The molecule has 0 saturated heterocycles. The summed E-state index contributed by atoms with van der Waals surface area (Å²) in [6.07, 6.45) is 3.52. The van der Waals surface area contributed by atoms with E-state index in [4.69, 9.17) is 0 Å². The van der Waals surface area contributed by atoms with Crippen LogP contribution in [0.2, 0.25) is 0 Å². The predicted molar refractivity (Wildman–Crippen MR) is 59.7 cm³/mol. The topological polar surface area (TPSA) is 52.6 Å². The van der Waals surface area contributed by atoms with E-state index in [1.54, 1.807) is 11.9 Å². The van der Waals surface area contributed by atoms with Gasteiger partial charge in [-0.15, -0.1) is 0 Å². The van der Waals surface area contributed by atoms with Crippen molar-refractivity contribution in [3.05, 3.63) is 0 Å². The highest BCUT2D eigenvalue weighted by molar-refractivity contribution is 5.74. The van der Waals surface area contributed by atoms with Gasteiger partial charge in [0, 0.05) is 13.1 Å². The maximum absolute atomic E-state index is 11.7. The Balaban J connectivity index is 2.50. The molecule has 1 aliphatic carbocycles. The highest BCUT2D eigenvalue weighted by atomic mass is 16.3. The summed E-state index contributed by atoms with van der Waals surface area (Å²) in [4.78, 5) is 13.3. The van der Waals surface area contributed by atoms with Crippen LogP contribution in [0.5, 0.6) is 0 Å². The Labute approximate surface area is 91.6 Å². The number of carbonyl (C=O) groups excluding carboxylic acids is 1. The summed E-state index contributed by atoms with van der Waals surface area (Å²) in [6.45, 7) is 3.87. The van der Waals surface area contributed by atoms with Gasteiger partial charge >= 0.3 is 6.03 Å². The van der Waals surface area contributed by atoms with Gasteiger partial charge in [0.1, 0.15) is 0 Å². The van der Waals surface area contributed by atoms with Crippen LogP contribution in [0.1, 0.15) is 39.5 Å². The van der Waals surface area contributed by atoms with Gasteiger partial charge in [-0.2, -0.15) is 0 Å². The first kappa shape index (κ1) is 12.3. The quantitative estimate of drug-likeness (QED) is 0.729. The zero-order chi connectivity index (χ0) is 11.4. The number of urea groups is 1. The molecule has 0 aromatic heterocycles. The first-order chi connectivity index (χ1) is 7.02. The fourth-order valence-electron chi connectivity index (χ4n) is 2.04. The molecule has 15 heavy (non-hydrogen) atoms. The monoisotopic (exact) mass is 214 g/mol. The maximum atomic E-state index is 11.7. The molecule has 4 heteroatoms. The summed E-state index contributed by atoms with van der Waals surface area (Å²) < 4.78 is 0. The summed E-state index contributed by atoms with van der Waals surface area (Å²) in [6, 6.07) is 0.0362. The lowest BCUT2D eigenvalue weighted by Crippen LogP contribution is -2.51. The lowest BCUT2D eigenvalue weighted by atomic mass is 9.92. The van der Waals surface area contributed by atoms with Gasteiger partial charge in [0.2, 0.25) is 0 Å². The van der Waals surface area contributed by atoms with Crippen molar-refractivity contribution in [2.75, 3.05) is 7.05 Å². The minimum absolute atomic E-state index is 0.0162. The van der Waals surface area contributed by atoms with Crippen molar-refractivity contribution in [3.63, 3.8) is 0 Å².